The molecule has 3 rings (SSSR count). The summed E-state index contributed by atoms with van der Waals surface area (Å²) in [6.07, 6.45) is 1.05. The van der Waals surface area contributed by atoms with E-state index in [2.05, 4.69) is 5.32 Å². The number of amides is 1. The molecular weight excluding hydrogens is 418 g/mol. The maximum atomic E-state index is 14.5. The first-order valence-corrected chi connectivity index (χ1v) is 11.3. The fourth-order valence-corrected chi connectivity index (χ4v) is 4.31. The van der Waals surface area contributed by atoms with Gasteiger partial charge in [-0.25, -0.2) is 17.2 Å². The zero-order valence-corrected chi connectivity index (χ0v) is 17.0. The Morgan fingerprint density at radius 1 is 1.17 bits per heavy atom. The third-order valence-corrected chi connectivity index (χ3v) is 6.37. The Labute approximate surface area is 171 Å². The molecule has 0 bridgehead atoms. The highest BCUT2D eigenvalue weighted by Gasteiger charge is 2.23. The first kappa shape index (κ1) is 21.1. The van der Waals surface area contributed by atoms with Gasteiger partial charge < -0.3 is 11.1 Å². The molecule has 1 unspecified atom stereocenters. The van der Waals surface area contributed by atoms with Gasteiger partial charge in [0.15, 0.2) is 9.84 Å². The van der Waals surface area contributed by atoms with Gasteiger partial charge in [-0.15, -0.1) is 11.3 Å². The Bertz CT molecular complexity index is 1160. The van der Waals surface area contributed by atoms with E-state index < -0.39 is 33.4 Å². The van der Waals surface area contributed by atoms with Crippen molar-refractivity contribution in [2.75, 3.05) is 6.26 Å². The van der Waals surface area contributed by atoms with E-state index in [4.69, 9.17) is 5.73 Å². The van der Waals surface area contributed by atoms with E-state index in [9.17, 15) is 22.0 Å². The largest absolute Gasteiger partial charge is 0.340 e. The van der Waals surface area contributed by atoms with Gasteiger partial charge in [0, 0.05) is 24.4 Å². The van der Waals surface area contributed by atoms with Gasteiger partial charge in [0.25, 0.3) is 5.91 Å². The van der Waals surface area contributed by atoms with E-state index in [0.29, 0.717) is 16.5 Å². The van der Waals surface area contributed by atoms with E-state index in [1.807, 2.05) is 0 Å². The first-order valence-electron chi connectivity index (χ1n) is 8.52. The molecule has 152 valence electrons. The molecule has 3 aromatic rings. The standard InChI is InChI=1S/C20H18F2N2O3S2/c1-29(26,27)15-4-2-3-13(8-15)19(16-6-5-14(21)9-17(16)22)24-20(25)18-7-12(10-23)11-28-18/h2-9,11,19H,10,23H2,1H3,(H,24,25). The number of nitrogens with two attached hydrogens (primary N) is 1. The lowest BCUT2D eigenvalue weighted by molar-refractivity contribution is 0.0946. The van der Waals surface area contributed by atoms with Crippen LogP contribution in [0.1, 0.15) is 32.4 Å². The van der Waals surface area contributed by atoms with Crippen molar-refractivity contribution in [3.05, 3.63) is 87.1 Å². The Balaban J connectivity index is 2.06. The number of carbonyl (C=O) groups is 1. The zero-order valence-electron chi connectivity index (χ0n) is 15.4. The molecule has 29 heavy (non-hydrogen) atoms. The second-order valence-corrected chi connectivity index (χ2v) is 9.37. The van der Waals surface area contributed by atoms with Crippen LogP contribution in [0.25, 0.3) is 0 Å². The van der Waals surface area contributed by atoms with Gasteiger partial charge in [0.2, 0.25) is 0 Å². The summed E-state index contributed by atoms with van der Waals surface area (Å²) in [5.74, 6) is -2.09. The lowest BCUT2D eigenvalue weighted by Crippen LogP contribution is -2.29. The molecule has 0 fully saturated rings. The quantitative estimate of drug-likeness (QED) is 0.620. The zero-order chi connectivity index (χ0) is 21.2. The van der Waals surface area contributed by atoms with Crippen molar-refractivity contribution in [2.45, 2.75) is 17.5 Å². The molecular formula is C20H18F2N2O3S2. The molecule has 2 aromatic carbocycles. The molecule has 0 aliphatic rings. The molecule has 5 nitrogen and oxygen atoms in total. The number of hydrogen-bond donors (Lipinski definition) is 2. The maximum Gasteiger partial charge on any atom is 0.262 e. The second-order valence-electron chi connectivity index (χ2n) is 6.44. The van der Waals surface area contributed by atoms with Crippen molar-refractivity contribution in [3.8, 4) is 0 Å². The number of rotatable bonds is 6. The average molecular weight is 437 g/mol. The Hall–Kier alpha value is -2.62. The van der Waals surface area contributed by atoms with Gasteiger partial charge in [0.1, 0.15) is 11.6 Å². The van der Waals surface area contributed by atoms with Crippen LogP contribution in [0.2, 0.25) is 0 Å². The van der Waals surface area contributed by atoms with E-state index in [1.54, 1.807) is 17.5 Å². The number of halogens is 2. The van der Waals surface area contributed by atoms with Crippen LogP contribution >= 0.6 is 11.3 Å². The lowest BCUT2D eigenvalue weighted by atomic mass is 9.98. The smallest absolute Gasteiger partial charge is 0.262 e. The maximum absolute atomic E-state index is 14.5. The molecule has 0 saturated carbocycles. The van der Waals surface area contributed by atoms with Gasteiger partial charge >= 0.3 is 0 Å². The number of nitrogens with one attached hydrogen (secondary N) is 1. The number of thiophene rings is 1. The van der Waals surface area contributed by atoms with Crippen molar-refractivity contribution in [3.63, 3.8) is 0 Å². The van der Waals surface area contributed by atoms with Crippen LogP contribution in [0.5, 0.6) is 0 Å². The molecule has 3 N–H and O–H groups in total. The van der Waals surface area contributed by atoms with Crippen LogP contribution < -0.4 is 11.1 Å². The minimum atomic E-state index is -3.52. The topological polar surface area (TPSA) is 89.3 Å². The lowest BCUT2D eigenvalue weighted by Gasteiger charge is -2.21. The number of carbonyl (C=O) groups excluding carboxylic acids is 1. The van der Waals surface area contributed by atoms with Gasteiger partial charge in [-0.2, -0.15) is 0 Å². The van der Waals surface area contributed by atoms with Crippen LogP contribution in [0.3, 0.4) is 0 Å². The van der Waals surface area contributed by atoms with Gasteiger partial charge in [-0.05, 0) is 40.8 Å². The molecule has 0 saturated heterocycles. The van der Waals surface area contributed by atoms with Crippen molar-refractivity contribution in [1.29, 1.82) is 0 Å². The van der Waals surface area contributed by atoms with Crippen molar-refractivity contribution in [2.24, 2.45) is 5.73 Å². The summed E-state index contributed by atoms with van der Waals surface area (Å²) < 4.78 is 51.7. The monoisotopic (exact) mass is 436 g/mol. The SMILES string of the molecule is CS(=O)(=O)c1cccc(C(NC(=O)c2cc(CN)cs2)c2ccc(F)cc2F)c1. The van der Waals surface area contributed by atoms with Crippen LogP contribution in [0.15, 0.2) is 58.8 Å². The molecule has 0 aliphatic carbocycles. The first-order chi connectivity index (χ1) is 13.7. The minimum Gasteiger partial charge on any atom is -0.340 e. The summed E-state index contributed by atoms with van der Waals surface area (Å²) in [5, 5.41) is 4.46. The Morgan fingerprint density at radius 3 is 2.55 bits per heavy atom. The van der Waals surface area contributed by atoms with E-state index in [-0.39, 0.29) is 17.0 Å². The third kappa shape index (κ3) is 4.87. The molecule has 0 aliphatic heterocycles. The highest BCUT2D eigenvalue weighted by molar-refractivity contribution is 7.90. The fourth-order valence-electron chi connectivity index (χ4n) is 2.80. The summed E-state index contributed by atoms with van der Waals surface area (Å²) in [5.41, 5.74) is 6.72. The van der Waals surface area contributed by atoms with Gasteiger partial charge in [-0.1, -0.05) is 18.2 Å². The van der Waals surface area contributed by atoms with Crippen molar-refractivity contribution < 1.29 is 22.0 Å². The van der Waals surface area contributed by atoms with E-state index >= 15 is 0 Å². The average Bonchev–Trinajstić information content (AvgIpc) is 3.15. The molecule has 9 heteroatoms. The van der Waals surface area contributed by atoms with Crippen LogP contribution in [-0.2, 0) is 16.4 Å². The highest BCUT2D eigenvalue weighted by atomic mass is 32.2. The summed E-state index contributed by atoms with van der Waals surface area (Å²) in [6, 6.07) is 9.48. The number of benzene rings is 2. The van der Waals surface area contributed by atoms with Gasteiger partial charge in [-0.3, -0.25) is 4.79 Å². The molecule has 0 radical (unpaired) electrons. The normalized spacial score (nSPS) is 12.6. The predicted octanol–water partition coefficient (Wildman–Crippen LogP) is 3.41. The summed E-state index contributed by atoms with van der Waals surface area (Å²) in [7, 11) is -3.52. The fraction of sp³-hybridized carbons (Fsp3) is 0.150. The summed E-state index contributed by atoms with van der Waals surface area (Å²) in [4.78, 5) is 13.1. The van der Waals surface area contributed by atoms with Crippen LogP contribution in [0, 0.1) is 11.6 Å². The number of sulfone groups is 1. The summed E-state index contributed by atoms with van der Waals surface area (Å²) in [6.45, 7) is 0.274. The number of hydrogen-bond acceptors (Lipinski definition) is 5. The minimum absolute atomic E-state index is 0.0148. The highest BCUT2D eigenvalue weighted by Crippen LogP contribution is 2.28. The Kier molecular flexibility index (Phi) is 6.11. The van der Waals surface area contributed by atoms with Crippen molar-refractivity contribution in [1.82, 2.24) is 5.32 Å². The molecule has 1 amide bonds. The predicted molar refractivity (Wildman–Crippen MR) is 107 cm³/mol. The van der Waals surface area contributed by atoms with Crippen LogP contribution in [0.4, 0.5) is 8.78 Å². The Morgan fingerprint density at radius 2 is 1.93 bits per heavy atom. The van der Waals surface area contributed by atoms with E-state index in [1.165, 1.54) is 35.6 Å². The van der Waals surface area contributed by atoms with Crippen LogP contribution in [-0.4, -0.2) is 20.6 Å². The van der Waals surface area contributed by atoms with Crippen molar-refractivity contribution >= 4 is 27.1 Å². The second kappa shape index (κ2) is 8.40. The van der Waals surface area contributed by atoms with E-state index in [0.717, 1.165) is 17.9 Å². The molecule has 0 spiro atoms. The van der Waals surface area contributed by atoms with Gasteiger partial charge in [0.05, 0.1) is 15.8 Å². The third-order valence-electron chi connectivity index (χ3n) is 4.28. The molecule has 1 atom stereocenters. The molecule has 1 heterocycles. The summed E-state index contributed by atoms with van der Waals surface area (Å²) >= 11 is 1.19. The molecule has 1 aromatic heterocycles.